The Morgan fingerprint density at radius 3 is 2.68 bits per heavy atom. The fourth-order valence-corrected chi connectivity index (χ4v) is 5.92. The molecule has 5 rings (SSSR count). The number of benzene rings is 2. The van der Waals surface area contributed by atoms with Crippen molar-refractivity contribution in [2.45, 2.75) is 22.8 Å². The van der Waals surface area contributed by atoms with E-state index in [0.29, 0.717) is 29.0 Å². The van der Waals surface area contributed by atoms with Crippen molar-refractivity contribution < 1.29 is 17.6 Å². The summed E-state index contributed by atoms with van der Waals surface area (Å²) >= 11 is 1.15. The molecule has 0 bridgehead atoms. The van der Waals surface area contributed by atoms with Gasteiger partial charge in [0.1, 0.15) is 16.5 Å². The molecule has 3 aromatic heterocycles. The lowest BCUT2D eigenvalue weighted by Crippen LogP contribution is -2.04. The number of aromatic nitrogens is 3. The molecule has 0 atom stereocenters. The monoisotopic (exact) mass is 491 g/mol. The van der Waals surface area contributed by atoms with E-state index in [2.05, 4.69) is 9.97 Å². The average molecular weight is 492 g/mol. The van der Waals surface area contributed by atoms with Gasteiger partial charge in [0.15, 0.2) is 10.8 Å². The highest BCUT2D eigenvalue weighted by molar-refractivity contribution is 7.91. The number of ketones is 1. The van der Waals surface area contributed by atoms with Crippen LogP contribution in [0.5, 0.6) is 0 Å². The molecule has 0 amide bonds. The lowest BCUT2D eigenvalue weighted by Gasteiger charge is -2.05. The van der Waals surface area contributed by atoms with Gasteiger partial charge in [-0.25, -0.2) is 22.8 Å². The summed E-state index contributed by atoms with van der Waals surface area (Å²) in [6.07, 6.45) is 6.00. The zero-order valence-electron chi connectivity index (χ0n) is 17.8. The van der Waals surface area contributed by atoms with E-state index in [1.165, 1.54) is 29.6 Å². The molecule has 0 spiro atoms. The van der Waals surface area contributed by atoms with Crippen molar-refractivity contribution in [3.05, 3.63) is 102 Å². The number of carbonyl (C=O) groups is 1. The largest absolute Gasteiger partial charge is 0.306 e. The van der Waals surface area contributed by atoms with Gasteiger partial charge in [0.2, 0.25) is 9.84 Å². The second-order valence-electron chi connectivity index (χ2n) is 7.68. The molecule has 0 radical (unpaired) electrons. The third-order valence-electron chi connectivity index (χ3n) is 5.42. The molecule has 0 aliphatic rings. The molecular weight excluding hydrogens is 473 g/mol. The summed E-state index contributed by atoms with van der Waals surface area (Å²) in [4.78, 5) is 21.1. The molecule has 0 saturated heterocycles. The van der Waals surface area contributed by atoms with E-state index in [1.54, 1.807) is 59.4 Å². The van der Waals surface area contributed by atoms with E-state index in [4.69, 9.17) is 0 Å². The first kappa shape index (κ1) is 22.1. The molecule has 34 heavy (non-hydrogen) atoms. The Bertz CT molecular complexity index is 1610. The lowest BCUT2D eigenvalue weighted by molar-refractivity contribution is 0.0982. The Balaban J connectivity index is 1.28. The van der Waals surface area contributed by atoms with Gasteiger partial charge in [0.05, 0.1) is 4.90 Å². The lowest BCUT2D eigenvalue weighted by atomic mass is 10.0. The molecule has 9 heteroatoms. The van der Waals surface area contributed by atoms with Crippen molar-refractivity contribution in [1.82, 2.24) is 14.4 Å². The van der Waals surface area contributed by atoms with Crippen LogP contribution in [0.3, 0.4) is 0 Å². The first-order chi connectivity index (χ1) is 16.4. The van der Waals surface area contributed by atoms with Crippen LogP contribution in [0, 0.1) is 5.82 Å². The maximum absolute atomic E-state index is 13.5. The molecule has 0 unspecified atom stereocenters. The predicted octanol–water partition coefficient (Wildman–Crippen LogP) is 5.25. The van der Waals surface area contributed by atoms with Crippen LogP contribution in [0.2, 0.25) is 0 Å². The standard InChI is InChI=1S/C25H18FN3O3S2/c26-20-3-1-2-18(14-20)25-28-24(16-33-25)34(31,32)21-8-4-17(5-9-21)6-10-22(30)19-7-11-23-27-12-13-29(23)15-19/h1-5,7-9,11-16H,6,10H2. The van der Waals surface area contributed by atoms with Crippen molar-refractivity contribution in [2.75, 3.05) is 0 Å². The second-order valence-corrected chi connectivity index (χ2v) is 10.4. The van der Waals surface area contributed by atoms with Gasteiger partial charge in [-0.1, -0.05) is 24.3 Å². The van der Waals surface area contributed by atoms with E-state index in [-0.39, 0.29) is 15.7 Å². The predicted molar refractivity (Wildman–Crippen MR) is 127 cm³/mol. The number of aryl methyl sites for hydroxylation is 1. The number of rotatable bonds is 7. The van der Waals surface area contributed by atoms with Crippen LogP contribution in [-0.2, 0) is 16.3 Å². The Hall–Kier alpha value is -3.69. The number of nitrogens with zero attached hydrogens (tertiary/aromatic N) is 3. The summed E-state index contributed by atoms with van der Waals surface area (Å²) in [7, 11) is -3.81. The van der Waals surface area contributed by atoms with Crippen molar-refractivity contribution >= 4 is 32.6 Å². The number of Topliss-reactive ketones (excluding diaryl/α,β-unsaturated/α-hetero) is 1. The number of fused-ring (bicyclic) bond motifs is 1. The first-order valence-electron chi connectivity index (χ1n) is 10.4. The van der Waals surface area contributed by atoms with Crippen molar-refractivity contribution in [3.8, 4) is 10.6 Å². The molecule has 0 aliphatic heterocycles. The van der Waals surface area contributed by atoms with E-state index < -0.39 is 15.7 Å². The number of imidazole rings is 1. The van der Waals surface area contributed by atoms with Gasteiger partial charge in [-0.3, -0.25) is 4.79 Å². The smallest absolute Gasteiger partial charge is 0.224 e. The Morgan fingerprint density at radius 1 is 1.06 bits per heavy atom. The van der Waals surface area contributed by atoms with Gasteiger partial charge in [0, 0.05) is 41.5 Å². The third kappa shape index (κ3) is 4.40. The number of halogens is 1. The molecule has 0 fully saturated rings. The molecular formula is C25H18FN3O3S2. The second kappa shape index (κ2) is 8.92. The Kier molecular flexibility index (Phi) is 5.80. The minimum Gasteiger partial charge on any atom is -0.306 e. The average Bonchev–Trinajstić information content (AvgIpc) is 3.52. The fraction of sp³-hybridized carbons (Fsp3) is 0.0800. The number of sulfone groups is 1. The zero-order chi connectivity index (χ0) is 23.7. The van der Waals surface area contributed by atoms with Crippen molar-refractivity contribution in [2.24, 2.45) is 0 Å². The maximum Gasteiger partial charge on any atom is 0.224 e. The van der Waals surface area contributed by atoms with E-state index >= 15 is 0 Å². The van der Waals surface area contributed by atoms with Crippen LogP contribution in [0.15, 0.2) is 94.6 Å². The first-order valence-corrected chi connectivity index (χ1v) is 12.8. The quantitative estimate of drug-likeness (QED) is 0.291. The SMILES string of the molecule is O=C(CCc1ccc(S(=O)(=O)c2csc(-c3cccc(F)c3)n2)cc1)c1ccc2nccn2c1. The van der Waals surface area contributed by atoms with E-state index in [9.17, 15) is 17.6 Å². The molecule has 5 aromatic rings. The van der Waals surface area contributed by atoms with Gasteiger partial charge in [-0.05, 0) is 48.4 Å². The molecule has 6 nitrogen and oxygen atoms in total. The molecule has 0 aliphatic carbocycles. The summed E-state index contributed by atoms with van der Waals surface area (Å²) in [5, 5.41) is 1.82. The third-order valence-corrected chi connectivity index (χ3v) is 8.11. The van der Waals surface area contributed by atoms with Crippen molar-refractivity contribution in [1.29, 1.82) is 0 Å². The van der Waals surface area contributed by atoms with Crippen LogP contribution < -0.4 is 0 Å². The number of thiazole rings is 1. The number of hydrogen-bond donors (Lipinski definition) is 0. The Labute approximate surface area is 199 Å². The van der Waals surface area contributed by atoms with Gasteiger partial charge in [0.25, 0.3) is 0 Å². The molecule has 3 heterocycles. The van der Waals surface area contributed by atoms with Gasteiger partial charge >= 0.3 is 0 Å². The van der Waals surface area contributed by atoms with Gasteiger partial charge in [-0.15, -0.1) is 11.3 Å². The van der Waals surface area contributed by atoms with Crippen LogP contribution in [0.4, 0.5) is 4.39 Å². The van der Waals surface area contributed by atoms with E-state index in [0.717, 1.165) is 22.5 Å². The van der Waals surface area contributed by atoms with Gasteiger partial charge < -0.3 is 4.40 Å². The molecule has 0 saturated carbocycles. The highest BCUT2D eigenvalue weighted by Crippen LogP contribution is 2.29. The summed E-state index contributed by atoms with van der Waals surface area (Å²) in [5.74, 6) is -0.409. The maximum atomic E-state index is 13.5. The van der Waals surface area contributed by atoms with Crippen LogP contribution >= 0.6 is 11.3 Å². The highest BCUT2D eigenvalue weighted by Gasteiger charge is 2.22. The minimum atomic E-state index is -3.81. The van der Waals surface area contributed by atoms with Gasteiger partial charge in [-0.2, -0.15) is 0 Å². The van der Waals surface area contributed by atoms with Crippen LogP contribution in [0.25, 0.3) is 16.2 Å². The zero-order valence-corrected chi connectivity index (χ0v) is 19.4. The fourth-order valence-electron chi connectivity index (χ4n) is 3.58. The minimum absolute atomic E-state index is 0.000325. The van der Waals surface area contributed by atoms with Crippen molar-refractivity contribution in [3.63, 3.8) is 0 Å². The molecule has 170 valence electrons. The summed E-state index contributed by atoms with van der Waals surface area (Å²) in [5.41, 5.74) is 2.76. The molecule has 0 N–H and O–H groups in total. The summed E-state index contributed by atoms with van der Waals surface area (Å²) in [6, 6.07) is 15.9. The topological polar surface area (TPSA) is 81.4 Å². The summed E-state index contributed by atoms with van der Waals surface area (Å²) < 4.78 is 41.3. The van der Waals surface area contributed by atoms with Crippen LogP contribution in [-0.4, -0.2) is 28.6 Å². The normalized spacial score (nSPS) is 11.7. The highest BCUT2D eigenvalue weighted by atomic mass is 32.2. The summed E-state index contributed by atoms with van der Waals surface area (Å²) in [6.45, 7) is 0. The number of pyridine rings is 1. The van der Waals surface area contributed by atoms with Crippen LogP contribution in [0.1, 0.15) is 22.3 Å². The number of carbonyl (C=O) groups excluding carboxylic acids is 1. The molecule has 2 aromatic carbocycles. The Morgan fingerprint density at radius 2 is 1.88 bits per heavy atom. The van der Waals surface area contributed by atoms with E-state index in [1.807, 2.05) is 0 Å². The number of hydrogen-bond acceptors (Lipinski definition) is 6.